The molecule has 0 amide bonds. The Morgan fingerprint density at radius 2 is 0.895 bits per heavy atom. The summed E-state index contributed by atoms with van der Waals surface area (Å²) in [5.74, 6) is 1.49. The number of rotatable bonds is 4. The SMILES string of the molecule is Cc1cc(C)cc(C(c2cc(C)cc(C)c2)(c2cc(C)cc(C)c2)C2[CH-]C3C=CC=CC3C2)c1.[Cl-].[Cl-].[Cl-].[Ti+4]. The first-order chi connectivity index (χ1) is 16.3. The van der Waals surface area contributed by atoms with Crippen molar-refractivity contribution in [2.45, 2.75) is 53.4 Å². The number of allylic oxidation sites excluding steroid dienone is 4. The number of fused-ring (bicyclic) bond motifs is 1. The van der Waals surface area contributed by atoms with Crippen molar-refractivity contribution >= 4 is 0 Å². The molecule has 0 heterocycles. The monoisotopic (exact) mass is 598 g/mol. The summed E-state index contributed by atoms with van der Waals surface area (Å²) in [5, 5.41) is 0. The molecule has 0 N–H and O–H groups in total. The predicted molar refractivity (Wildman–Crippen MR) is 145 cm³/mol. The van der Waals surface area contributed by atoms with Gasteiger partial charge < -0.3 is 43.6 Å². The molecule has 2 aliphatic rings. The van der Waals surface area contributed by atoms with Gasteiger partial charge in [0.15, 0.2) is 0 Å². The number of hydrogen-bond acceptors (Lipinski definition) is 0. The Balaban J connectivity index is 0.00000180. The van der Waals surface area contributed by atoms with Gasteiger partial charge in [-0.3, -0.25) is 0 Å². The maximum atomic E-state index is 2.66. The van der Waals surface area contributed by atoms with Crippen molar-refractivity contribution in [2.24, 2.45) is 17.8 Å². The fourth-order valence-corrected chi connectivity index (χ4v) is 6.82. The van der Waals surface area contributed by atoms with Gasteiger partial charge in [-0.1, -0.05) is 113 Å². The quantitative estimate of drug-likeness (QED) is 0.215. The van der Waals surface area contributed by atoms with Crippen molar-refractivity contribution in [2.75, 3.05) is 0 Å². The van der Waals surface area contributed by atoms with Crippen molar-refractivity contribution in [3.63, 3.8) is 0 Å². The van der Waals surface area contributed by atoms with E-state index in [1.165, 1.54) is 56.5 Å². The smallest absolute Gasteiger partial charge is 1.00 e. The Labute approximate surface area is 263 Å². The topological polar surface area (TPSA) is 0 Å². The molecule has 1 saturated carbocycles. The van der Waals surface area contributed by atoms with Gasteiger partial charge in [0.2, 0.25) is 0 Å². The maximum Gasteiger partial charge on any atom is 4.00 e. The number of benzene rings is 3. The summed E-state index contributed by atoms with van der Waals surface area (Å²) in [6.07, 6.45) is 13.1. The molecule has 0 bridgehead atoms. The third kappa shape index (κ3) is 6.54. The average molecular weight is 600 g/mol. The molecular formula is C34H37Cl3Ti. The van der Waals surface area contributed by atoms with E-state index in [2.05, 4.69) is 127 Å². The standard InChI is InChI=1S/C34H37.3ClH.Ti/c1-22-11-23(2)15-30(14-22)34(31-16-24(3)12-25(4)17-31,32-18-26(5)13-27(6)19-32)33-20-28-9-7-8-10-29(28)21-33;;;;/h7-20,28-29,33H,21H2,1-6H3;3*1H;/q-1;;;;+4/p-3. The molecule has 0 nitrogen and oxygen atoms in total. The van der Waals surface area contributed by atoms with E-state index in [-0.39, 0.29) is 64.4 Å². The van der Waals surface area contributed by atoms with Gasteiger partial charge in [0.05, 0.1) is 0 Å². The summed E-state index contributed by atoms with van der Waals surface area (Å²) >= 11 is 0. The molecule has 0 spiro atoms. The summed E-state index contributed by atoms with van der Waals surface area (Å²) in [4.78, 5) is 0. The number of halogens is 3. The van der Waals surface area contributed by atoms with Crippen LogP contribution in [0.1, 0.15) is 56.5 Å². The van der Waals surface area contributed by atoms with Gasteiger partial charge in [-0.25, -0.2) is 0 Å². The van der Waals surface area contributed by atoms with Crippen LogP contribution in [0.3, 0.4) is 0 Å². The van der Waals surface area contributed by atoms with Gasteiger partial charge in [-0.15, -0.1) is 17.9 Å². The van der Waals surface area contributed by atoms with E-state index >= 15 is 0 Å². The second-order valence-corrected chi connectivity index (χ2v) is 11.0. The molecule has 3 aromatic carbocycles. The zero-order valence-electron chi connectivity index (χ0n) is 23.2. The Morgan fingerprint density at radius 1 is 0.553 bits per heavy atom. The zero-order chi connectivity index (χ0) is 24.0. The van der Waals surface area contributed by atoms with Gasteiger partial charge in [-0.2, -0.15) is 0 Å². The molecule has 38 heavy (non-hydrogen) atoms. The second-order valence-electron chi connectivity index (χ2n) is 11.0. The predicted octanol–water partition coefficient (Wildman–Crippen LogP) is -0.536. The van der Waals surface area contributed by atoms with E-state index in [1.807, 2.05) is 0 Å². The van der Waals surface area contributed by atoms with Crippen LogP contribution >= 0.6 is 0 Å². The fraction of sp³-hybridized carbons (Fsp3) is 0.324. The summed E-state index contributed by atoms with van der Waals surface area (Å²) < 4.78 is 0. The third-order valence-corrected chi connectivity index (χ3v) is 7.87. The Morgan fingerprint density at radius 3 is 1.24 bits per heavy atom. The first-order valence-electron chi connectivity index (χ1n) is 12.7. The molecule has 3 aromatic rings. The van der Waals surface area contributed by atoms with Gasteiger partial charge in [0.25, 0.3) is 0 Å². The van der Waals surface area contributed by atoms with E-state index in [0.717, 1.165) is 0 Å². The molecular weight excluding hydrogens is 563 g/mol. The van der Waals surface area contributed by atoms with Crippen molar-refractivity contribution in [3.8, 4) is 0 Å². The Bertz CT molecular complexity index is 1100. The molecule has 198 valence electrons. The first kappa shape index (κ1) is 34.8. The third-order valence-electron chi connectivity index (χ3n) is 7.87. The van der Waals surface area contributed by atoms with E-state index in [4.69, 9.17) is 0 Å². The molecule has 1 fully saturated rings. The normalized spacial score (nSPS) is 19.4. The van der Waals surface area contributed by atoms with E-state index in [1.54, 1.807) is 0 Å². The molecule has 0 aliphatic heterocycles. The van der Waals surface area contributed by atoms with Crippen LogP contribution in [0.2, 0.25) is 0 Å². The van der Waals surface area contributed by atoms with E-state index in [0.29, 0.717) is 17.8 Å². The van der Waals surface area contributed by atoms with Crippen LogP contribution in [0.4, 0.5) is 0 Å². The van der Waals surface area contributed by atoms with E-state index in [9.17, 15) is 0 Å². The van der Waals surface area contributed by atoms with Crippen LogP contribution in [-0.2, 0) is 27.1 Å². The summed E-state index contributed by atoms with van der Waals surface area (Å²) in [7, 11) is 0. The maximum absolute atomic E-state index is 2.66. The molecule has 0 aromatic heterocycles. The molecule has 0 radical (unpaired) electrons. The number of hydrogen-bond donors (Lipinski definition) is 0. The Hall–Kier alpha value is -1.28. The molecule has 0 saturated heterocycles. The van der Waals surface area contributed by atoms with Gasteiger partial charge in [0.1, 0.15) is 0 Å². The minimum atomic E-state index is -0.233. The molecule has 4 heteroatoms. The van der Waals surface area contributed by atoms with Crippen LogP contribution in [0.15, 0.2) is 78.9 Å². The van der Waals surface area contributed by atoms with Crippen molar-refractivity contribution in [3.05, 3.63) is 135 Å². The fourth-order valence-electron chi connectivity index (χ4n) is 6.82. The van der Waals surface area contributed by atoms with Crippen molar-refractivity contribution in [1.82, 2.24) is 0 Å². The second kappa shape index (κ2) is 13.9. The largest absolute Gasteiger partial charge is 4.00 e. The minimum Gasteiger partial charge on any atom is -1.00 e. The summed E-state index contributed by atoms with van der Waals surface area (Å²) in [5.41, 5.74) is 12.1. The molecule has 3 atom stereocenters. The first-order valence-corrected chi connectivity index (χ1v) is 12.7. The van der Waals surface area contributed by atoms with Crippen LogP contribution in [0.25, 0.3) is 0 Å². The summed E-state index contributed by atoms with van der Waals surface area (Å²) in [6.45, 7) is 13.5. The van der Waals surface area contributed by atoms with Gasteiger partial charge in [0, 0.05) is 5.41 Å². The average Bonchev–Trinajstić information content (AvgIpc) is 3.16. The van der Waals surface area contributed by atoms with Crippen LogP contribution in [-0.4, -0.2) is 0 Å². The van der Waals surface area contributed by atoms with Crippen LogP contribution in [0, 0.1) is 65.7 Å². The van der Waals surface area contributed by atoms with Crippen LogP contribution < -0.4 is 37.2 Å². The van der Waals surface area contributed by atoms with Crippen molar-refractivity contribution < 1.29 is 58.9 Å². The molecule has 5 rings (SSSR count). The molecule has 2 aliphatic carbocycles. The van der Waals surface area contributed by atoms with Gasteiger partial charge in [-0.05, 0) is 64.2 Å². The minimum absolute atomic E-state index is 0. The van der Waals surface area contributed by atoms with Crippen molar-refractivity contribution in [1.29, 1.82) is 0 Å². The Kier molecular flexibility index (Phi) is 12.7. The summed E-state index contributed by atoms with van der Waals surface area (Å²) in [6, 6.07) is 21.6. The zero-order valence-corrected chi connectivity index (χ0v) is 27.0. The molecule has 3 unspecified atom stereocenters. The van der Waals surface area contributed by atoms with Gasteiger partial charge >= 0.3 is 21.7 Å². The number of aryl methyl sites for hydroxylation is 6. The van der Waals surface area contributed by atoms with Crippen LogP contribution in [0.5, 0.6) is 0 Å². The van der Waals surface area contributed by atoms with E-state index < -0.39 is 0 Å².